The lowest BCUT2D eigenvalue weighted by molar-refractivity contribution is 0.101. The minimum Gasteiger partial charge on any atom is -0.385 e. The van der Waals surface area contributed by atoms with E-state index in [9.17, 15) is 0 Å². The van der Waals surface area contributed by atoms with Gasteiger partial charge in [0.15, 0.2) is 0 Å². The van der Waals surface area contributed by atoms with Gasteiger partial charge in [-0.1, -0.05) is 0 Å². The molecule has 1 heterocycles. The molecule has 0 radical (unpaired) electrons. The number of hydrogen-bond acceptors (Lipinski definition) is 4. The van der Waals surface area contributed by atoms with Gasteiger partial charge in [0.05, 0.1) is 0 Å². The summed E-state index contributed by atoms with van der Waals surface area (Å²) in [5.74, 6) is 0. The number of nitrogens with zero attached hydrogens (tertiary/aromatic N) is 2. The number of ether oxygens (including phenoxy) is 1. The highest BCUT2D eigenvalue weighted by molar-refractivity contribution is 4.77. The van der Waals surface area contributed by atoms with Crippen molar-refractivity contribution in [3.63, 3.8) is 0 Å². The van der Waals surface area contributed by atoms with E-state index in [1.165, 1.54) is 26.2 Å². The number of likely N-dealkylation sites (N-methyl/N-ethyl adjacent to an activating group) is 1. The number of hydrogen-bond donors (Lipinski definition) is 1. The Morgan fingerprint density at radius 3 is 2.81 bits per heavy atom. The monoisotopic (exact) mass is 229 g/mol. The minimum absolute atomic E-state index is 0.694. The van der Waals surface area contributed by atoms with Crippen molar-refractivity contribution in [3.05, 3.63) is 0 Å². The fourth-order valence-corrected chi connectivity index (χ4v) is 2.20. The van der Waals surface area contributed by atoms with E-state index in [2.05, 4.69) is 29.1 Å². The maximum atomic E-state index is 5.01. The van der Waals surface area contributed by atoms with Gasteiger partial charge < -0.3 is 15.0 Å². The van der Waals surface area contributed by atoms with E-state index in [0.29, 0.717) is 6.04 Å². The standard InChI is InChI=1S/C12H27N3O/c1-12-11-14(2)8-9-15(12)7-6-13-5-4-10-16-3/h12-13H,4-11H2,1-3H3. The van der Waals surface area contributed by atoms with Crippen molar-refractivity contribution in [3.8, 4) is 0 Å². The molecule has 0 amide bonds. The second-order valence-corrected chi connectivity index (χ2v) is 4.74. The van der Waals surface area contributed by atoms with Crippen molar-refractivity contribution >= 4 is 0 Å². The second-order valence-electron chi connectivity index (χ2n) is 4.74. The van der Waals surface area contributed by atoms with Crippen molar-refractivity contribution in [2.75, 3.05) is 60.0 Å². The summed E-state index contributed by atoms with van der Waals surface area (Å²) in [5, 5.41) is 3.46. The summed E-state index contributed by atoms with van der Waals surface area (Å²) >= 11 is 0. The number of piperazine rings is 1. The van der Waals surface area contributed by atoms with Gasteiger partial charge in [0.25, 0.3) is 0 Å². The van der Waals surface area contributed by atoms with Crippen LogP contribution in [0, 0.1) is 0 Å². The molecular formula is C12H27N3O. The van der Waals surface area contributed by atoms with Gasteiger partial charge in [-0.25, -0.2) is 0 Å². The Morgan fingerprint density at radius 1 is 1.31 bits per heavy atom. The molecule has 1 N–H and O–H groups in total. The predicted molar refractivity (Wildman–Crippen MR) is 67.9 cm³/mol. The van der Waals surface area contributed by atoms with E-state index >= 15 is 0 Å². The molecule has 1 unspecified atom stereocenters. The highest BCUT2D eigenvalue weighted by Gasteiger charge is 2.20. The van der Waals surface area contributed by atoms with Crippen LogP contribution >= 0.6 is 0 Å². The van der Waals surface area contributed by atoms with Crippen molar-refractivity contribution in [2.45, 2.75) is 19.4 Å². The molecule has 1 saturated heterocycles. The van der Waals surface area contributed by atoms with Crippen LogP contribution in [-0.2, 0) is 4.74 Å². The zero-order chi connectivity index (χ0) is 11.8. The average Bonchev–Trinajstić information content (AvgIpc) is 2.26. The molecule has 0 spiro atoms. The van der Waals surface area contributed by atoms with Crippen LogP contribution < -0.4 is 5.32 Å². The highest BCUT2D eigenvalue weighted by atomic mass is 16.5. The molecule has 16 heavy (non-hydrogen) atoms. The molecule has 1 aliphatic rings. The van der Waals surface area contributed by atoms with Crippen LogP contribution in [0.2, 0.25) is 0 Å². The smallest absolute Gasteiger partial charge is 0.0474 e. The molecule has 0 aliphatic carbocycles. The van der Waals surface area contributed by atoms with E-state index in [1.54, 1.807) is 7.11 Å². The van der Waals surface area contributed by atoms with Crippen molar-refractivity contribution in [1.82, 2.24) is 15.1 Å². The fourth-order valence-electron chi connectivity index (χ4n) is 2.20. The Bertz CT molecular complexity index is 178. The van der Waals surface area contributed by atoms with Gasteiger partial charge in [-0.15, -0.1) is 0 Å². The summed E-state index contributed by atoms with van der Waals surface area (Å²) in [4.78, 5) is 4.98. The van der Waals surface area contributed by atoms with Gasteiger partial charge in [0.1, 0.15) is 0 Å². The maximum Gasteiger partial charge on any atom is 0.0474 e. The summed E-state index contributed by atoms with van der Waals surface area (Å²) in [7, 11) is 3.96. The van der Waals surface area contributed by atoms with Gasteiger partial charge in [0, 0.05) is 52.5 Å². The van der Waals surface area contributed by atoms with Gasteiger partial charge in [-0.2, -0.15) is 0 Å². The lowest BCUT2D eigenvalue weighted by Crippen LogP contribution is -2.51. The van der Waals surface area contributed by atoms with Crippen molar-refractivity contribution < 1.29 is 4.74 Å². The third kappa shape index (κ3) is 5.25. The molecule has 0 saturated carbocycles. The third-order valence-electron chi connectivity index (χ3n) is 3.25. The summed E-state index contributed by atoms with van der Waals surface area (Å²) in [6.45, 7) is 10.1. The Hall–Kier alpha value is -0.160. The topological polar surface area (TPSA) is 27.7 Å². The Balaban J connectivity index is 2.00. The SMILES string of the molecule is COCCCNCCN1CCN(C)CC1C. The van der Waals surface area contributed by atoms with Crippen LogP contribution in [0.4, 0.5) is 0 Å². The first-order valence-electron chi connectivity index (χ1n) is 6.36. The predicted octanol–water partition coefficient (Wildman–Crippen LogP) is 0.248. The molecule has 1 fully saturated rings. The zero-order valence-electron chi connectivity index (χ0n) is 11.0. The summed E-state index contributed by atoms with van der Waals surface area (Å²) in [5.41, 5.74) is 0. The fraction of sp³-hybridized carbons (Fsp3) is 1.00. The quantitative estimate of drug-likeness (QED) is 0.633. The number of rotatable bonds is 7. The molecule has 0 aromatic carbocycles. The van der Waals surface area contributed by atoms with E-state index in [4.69, 9.17) is 4.74 Å². The molecule has 1 atom stereocenters. The van der Waals surface area contributed by atoms with Crippen LogP contribution in [0.3, 0.4) is 0 Å². The van der Waals surface area contributed by atoms with Crippen LogP contribution in [0.5, 0.6) is 0 Å². The number of nitrogens with one attached hydrogen (secondary N) is 1. The molecule has 0 aromatic heterocycles. The van der Waals surface area contributed by atoms with E-state index in [0.717, 1.165) is 26.1 Å². The molecule has 4 heteroatoms. The van der Waals surface area contributed by atoms with Crippen LogP contribution in [0.1, 0.15) is 13.3 Å². The third-order valence-corrected chi connectivity index (χ3v) is 3.25. The van der Waals surface area contributed by atoms with Crippen LogP contribution in [-0.4, -0.2) is 75.9 Å². The maximum absolute atomic E-state index is 5.01. The summed E-state index contributed by atoms with van der Waals surface area (Å²) in [6, 6.07) is 0.694. The van der Waals surface area contributed by atoms with E-state index < -0.39 is 0 Å². The van der Waals surface area contributed by atoms with Gasteiger partial charge >= 0.3 is 0 Å². The van der Waals surface area contributed by atoms with Gasteiger partial charge in [-0.3, -0.25) is 4.90 Å². The minimum atomic E-state index is 0.694. The largest absolute Gasteiger partial charge is 0.385 e. The Labute approximate surface area is 99.9 Å². The molecule has 1 aliphatic heterocycles. The molecule has 0 bridgehead atoms. The van der Waals surface area contributed by atoms with Crippen LogP contribution in [0.15, 0.2) is 0 Å². The summed E-state index contributed by atoms with van der Waals surface area (Å²) in [6.07, 6.45) is 1.11. The zero-order valence-corrected chi connectivity index (χ0v) is 11.0. The first-order chi connectivity index (χ1) is 7.74. The lowest BCUT2D eigenvalue weighted by Gasteiger charge is -2.38. The van der Waals surface area contributed by atoms with Crippen molar-refractivity contribution in [1.29, 1.82) is 0 Å². The van der Waals surface area contributed by atoms with Gasteiger partial charge in [-0.05, 0) is 26.9 Å². The van der Waals surface area contributed by atoms with Crippen molar-refractivity contribution in [2.24, 2.45) is 0 Å². The summed E-state index contributed by atoms with van der Waals surface area (Å²) < 4.78 is 5.01. The Kier molecular flexibility index (Phi) is 6.96. The normalized spacial score (nSPS) is 23.8. The first kappa shape index (κ1) is 13.9. The molecule has 96 valence electrons. The average molecular weight is 229 g/mol. The lowest BCUT2D eigenvalue weighted by atomic mass is 10.2. The van der Waals surface area contributed by atoms with E-state index in [1.807, 2.05) is 0 Å². The van der Waals surface area contributed by atoms with Crippen LogP contribution in [0.25, 0.3) is 0 Å². The number of methoxy groups -OCH3 is 1. The molecule has 1 rings (SSSR count). The molecule has 4 nitrogen and oxygen atoms in total. The van der Waals surface area contributed by atoms with Gasteiger partial charge in [0.2, 0.25) is 0 Å². The van der Waals surface area contributed by atoms with E-state index in [-0.39, 0.29) is 0 Å². The highest BCUT2D eigenvalue weighted by Crippen LogP contribution is 2.06. The second kappa shape index (κ2) is 8.01. The molecular weight excluding hydrogens is 202 g/mol. The Morgan fingerprint density at radius 2 is 2.12 bits per heavy atom. The first-order valence-corrected chi connectivity index (χ1v) is 6.36. The molecule has 0 aromatic rings.